The SMILES string of the molecule is CN(C)S(=O)(=O)c1ccccc1NCC(F)(F)CN. The summed E-state index contributed by atoms with van der Waals surface area (Å²) in [7, 11) is -0.936. The van der Waals surface area contributed by atoms with Gasteiger partial charge in [0.2, 0.25) is 10.0 Å². The Morgan fingerprint density at radius 1 is 1.32 bits per heavy atom. The van der Waals surface area contributed by atoms with E-state index in [9.17, 15) is 17.2 Å². The van der Waals surface area contributed by atoms with Crippen molar-refractivity contribution in [3.8, 4) is 0 Å². The van der Waals surface area contributed by atoms with Gasteiger partial charge < -0.3 is 11.1 Å². The largest absolute Gasteiger partial charge is 0.378 e. The molecule has 1 aromatic carbocycles. The zero-order valence-corrected chi connectivity index (χ0v) is 11.5. The van der Waals surface area contributed by atoms with Crippen molar-refractivity contribution in [2.75, 3.05) is 32.5 Å². The molecule has 1 aromatic rings. The number of rotatable bonds is 6. The first kappa shape index (κ1) is 15.8. The van der Waals surface area contributed by atoms with Gasteiger partial charge in [0, 0.05) is 14.1 Å². The van der Waals surface area contributed by atoms with E-state index in [0.717, 1.165) is 4.31 Å². The van der Waals surface area contributed by atoms with E-state index >= 15 is 0 Å². The Balaban J connectivity index is 3.05. The number of nitrogens with one attached hydrogen (secondary N) is 1. The lowest BCUT2D eigenvalue weighted by Crippen LogP contribution is -2.35. The predicted octanol–water partition coefficient (Wildman–Crippen LogP) is 0.943. The highest BCUT2D eigenvalue weighted by Gasteiger charge is 2.28. The number of alkyl halides is 2. The molecular weight excluding hydrogens is 276 g/mol. The van der Waals surface area contributed by atoms with Crippen LogP contribution < -0.4 is 11.1 Å². The number of nitrogens with two attached hydrogens (primary N) is 1. The molecule has 0 atom stereocenters. The Hall–Kier alpha value is -1.25. The Labute approximate surface area is 111 Å². The van der Waals surface area contributed by atoms with E-state index < -0.39 is 29.0 Å². The van der Waals surface area contributed by atoms with Crippen LogP contribution in [0.2, 0.25) is 0 Å². The van der Waals surface area contributed by atoms with Gasteiger partial charge in [0.1, 0.15) is 4.90 Å². The molecule has 8 heteroatoms. The third kappa shape index (κ3) is 3.85. The van der Waals surface area contributed by atoms with Crippen molar-refractivity contribution in [1.29, 1.82) is 0 Å². The molecular formula is C11H17F2N3O2S. The summed E-state index contributed by atoms with van der Waals surface area (Å²) in [6.45, 7) is -1.52. The van der Waals surface area contributed by atoms with E-state index in [1.165, 1.54) is 32.3 Å². The second-order valence-corrected chi connectivity index (χ2v) is 6.32. The van der Waals surface area contributed by atoms with Crippen LogP contribution in [0.3, 0.4) is 0 Å². The maximum atomic E-state index is 13.1. The van der Waals surface area contributed by atoms with E-state index in [1.54, 1.807) is 6.07 Å². The highest BCUT2D eigenvalue weighted by molar-refractivity contribution is 7.89. The number of benzene rings is 1. The van der Waals surface area contributed by atoms with Crippen molar-refractivity contribution in [3.63, 3.8) is 0 Å². The van der Waals surface area contributed by atoms with E-state index in [2.05, 4.69) is 5.32 Å². The average molecular weight is 293 g/mol. The normalized spacial score (nSPS) is 12.7. The summed E-state index contributed by atoms with van der Waals surface area (Å²) >= 11 is 0. The fraction of sp³-hybridized carbons (Fsp3) is 0.455. The number of hydrogen-bond acceptors (Lipinski definition) is 4. The molecule has 108 valence electrons. The van der Waals surface area contributed by atoms with Gasteiger partial charge >= 0.3 is 0 Å². The van der Waals surface area contributed by atoms with E-state index in [1.807, 2.05) is 0 Å². The molecule has 0 amide bonds. The Morgan fingerprint density at radius 2 is 1.89 bits per heavy atom. The van der Waals surface area contributed by atoms with Crippen molar-refractivity contribution in [1.82, 2.24) is 4.31 Å². The Bertz CT molecular complexity index is 532. The number of sulfonamides is 1. The zero-order valence-electron chi connectivity index (χ0n) is 10.7. The number of nitrogens with zero attached hydrogens (tertiary/aromatic N) is 1. The third-order valence-electron chi connectivity index (χ3n) is 2.48. The summed E-state index contributed by atoms with van der Waals surface area (Å²) in [5.41, 5.74) is 5.06. The first-order valence-electron chi connectivity index (χ1n) is 5.54. The molecule has 0 spiro atoms. The molecule has 19 heavy (non-hydrogen) atoms. The minimum Gasteiger partial charge on any atom is -0.378 e. The molecule has 0 aliphatic rings. The number of anilines is 1. The second-order valence-electron chi connectivity index (χ2n) is 4.20. The zero-order chi connectivity index (χ0) is 14.7. The second kappa shape index (κ2) is 5.81. The lowest BCUT2D eigenvalue weighted by Gasteiger charge is -2.19. The summed E-state index contributed by atoms with van der Waals surface area (Å²) in [6, 6.07) is 5.89. The summed E-state index contributed by atoms with van der Waals surface area (Å²) in [5.74, 6) is -3.09. The number of hydrogen-bond donors (Lipinski definition) is 2. The molecule has 1 rings (SSSR count). The fourth-order valence-corrected chi connectivity index (χ4v) is 2.39. The highest BCUT2D eigenvalue weighted by Crippen LogP contribution is 2.24. The van der Waals surface area contributed by atoms with Gasteiger partial charge in [0.05, 0.1) is 18.8 Å². The average Bonchev–Trinajstić information content (AvgIpc) is 2.36. The van der Waals surface area contributed by atoms with E-state index in [4.69, 9.17) is 5.73 Å². The van der Waals surface area contributed by atoms with Crippen LogP contribution in [0.5, 0.6) is 0 Å². The third-order valence-corrected chi connectivity index (χ3v) is 4.36. The Morgan fingerprint density at radius 3 is 2.42 bits per heavy atom. The molecule has 0 bridgehead atoms. The monoisotopic (exact) mass is 293 g/mol. The van der Waals surface area contributed by atoms with Crippen LogP contribution in [0, 0.1) is 0 Å². The van der Waals surface area contributed by atoms with Crippen LogP contribution in [0.25, 0.3) is 0 Å². The molecule has 0 unspecified atom stereocenters. The molecule has 3 N–H and O–H groups in total. The van der Waals surface area contributed by atoms with Gasteiger partial charge in [0.25, 0.3) is 5.92 Å². The van der Waals surface area contributed by atoms with Gasteiger partial charge in [-0.2, -0.15) is 0 Å². The fourth-order valence-electron chi connectivity index (χ4n) is 1.33. The highest BCUT2D eigenvalue weighted by atomic mass is 32.2. The van der Waals surface area contributed by atoms with Gasteiger partial charge in [-0.3, -0.25) is 0 Å². The van der Waals surface area contributed by atoms with Gasteiger partial charge in [-0.05, 0) is 12.1 Å². The first-order valence-corrected chi connectivity index (χ1v) is 6.98. The number of halogens is 2. The van der Waals surface area contributed by atoms with Crippen LogP contribution in [0.1, 0.15) is 0 Å². The first-order chi connectivity index (χ1) is 8.70. The lowest BCUT2D eigenvalue weighted by molar-refractivity contribution is 0.0253. The van der Waals surface area contributed by atoms with Gasteiger partial charge in [-0.1, -0.05) is 12.1 Å². The van der Waals surface area contributed by atoms with Crippen LogP contribution >= 0.6 is 0 Å². The van der Waals surface area contributed by atoms with Crippen molar-refractivity contribution < 1.29 is 17.2 Å². The summed E-state index contributed by atoms with van der Waals surface area (Å²) in [4.78, 5) is -0.0483. The lowest BCUT2D eigenvalue weighted by atomic mass is 10.3. The maximum Gasteiger partial charge on any atom is 0.276 e. The molecule has 0 aliphatic heterocycles. The van der Waals surface area contributed by atoms with Gasteiger partial charge in [0.15, 0.2) is 0 Å². The van der Waals surface area contributed by atoms with Crippen LogP contribution in [0.4, 0.5) is 14.5 Å². The van der Waals surface area contributed by atoms with Crippen molar-refractivity contribution in [2.24, 2.45) is 5.73 Å². The minimum atomic E-state index is -3.69. The topological polar surface area (TPSA) is 75.4 Å². The molecule has 0 saturated carbocycles. The standard InChI is InChI=1S/C11H17F2N3O2S/c1-16(2)19(17,18)10-6-4-3-5-9(10)15-8-11(12,13)7-14/h3-6,15H,7-8,14H2,1-2H3. The molecule has 0 radical (unpaired) electrons. The van der Waals surface area contributed by atoms with Crippen LogP contribution in [0.15, 0.2) is 29.2 Å². The van der Waals surface area contributed by atoms with Crippen molar-refractivity contribution in [3.05, 3.63) is 24.3 Å². The number of para-hydroxylation sites is 1. The molecule has 5 nitrogen and oxygen atoms in total. The molecule has 0 fully saturated rings. The molecule has 0 saturated heterocycles. The van der Waals surface area contributed by atoms with Crippen LogP contribution in [-0.2, 0) is 10.0 Å². The van der Waals surface area contributed by atoms with Crippen molar-refractivity contribution in [2.45, 2.75) is 10.8 Å². The quantitative estimate of drug-likeness (QED) is 0.818. The van der Waals surface area contributed by atoms with Gasteiger partial charge in [-0.15, -0.1) is 0 Å². The van der Waals surface area contributed by atoms with Crippen LogP contribution in [-0.4, -0.2) is 45.8 Å². The van der Waals surface area contributed by atoms with Crippen molar-refractivity contribution >= 4 is 15.7 Å². The minimum absolute atomic E-state index is 0.0483. The molecule has 0 aliphatic carbocycles. The maximum absolute atomic E-state index is 13.1. The van der Waals surface area contributed by atoms with E-state index in [-0.39, 0.29) is 10.6 Å². The predicted molar refractivity (Wildman–Crippen MR) is 69.8 cm³/mol. The molecule has 0 aromatic heterocycles. The summed E-state index contributed by atoms with van der Waals surface area (Å²) < 4.78 is 51.2. The smallest absolute Gasteiger partial charge is 0.276 e. The van der Waals surface area contributed by atoms with Gasteiger partial charge in [-0.25, -0.2) is 21.5 Å². The summed E-state index contributed by atoms with van der Waals surface area (Å²) in [6.07, 6.45) is 0. The Kier molecular flexibility index (Phi) is 4.83. The van der Waals surface area contributed by atoms with E-state index in [0.29, 0.717) is 0 Å². The molecule has 0 heterocycles. The summed E-state index contributed by atoms with van der Waals surface area (Å²) in [5, 5.41) is 2.43.